The Hall–Kier alpha value is -3.29. The van der Waals surface area contributed by atoms with Crippen LogP contribution in [0.1, 0.15) is 37.0 Å². The molecule has 3 fully saturated rings. The zero-order valence-electron chi connectivity index (χ0n) is 20.4. The lowest BCUT2D eigenvalue weighted by Gasteiger charge is -2.31. The van der Waals surface area contributed by atoms with E-state index in [1.165, 1.54) is 0 Å². The molecule has 2 saturated heterocycles. The lowest BCUT2D eigenvalue weighted by molar-refractivity contribution is -0.321. The summed E-state index contributed by atoms with van der Waals surface area (Å²) in [5.74, 6) is -8.40. The van der Waals surface area contributed by atoms with E-state index < -0.39 is 88.8 Å². The number of nitrogens with zero attached hydrogens (tertiary/aromatic N) is 1. The minimum atomic E-state index is -5.10. The summed E-state index contributed by atoms with van der Waals surface area (Å²) in [7, 11) is 0. The third kappa shape index (κ3) is 5.31. The number of alkyl halides is 3. The molecule has 0 bridgehead atoms. The van der Waals surface area contributed by atoms with Gasteiger partial charge >= 0.3 is 6.36 Å². The molecule has 2 heterocycles. The van der Waals surface area contributed by atoms with Crippen LogP contribution in [-0.4, -0.2) is 71.7 Å². The standard InChI is InChI=1S/C24H26F5N3O6/c1-23(2)13-8-32(22(37)12-6-11(25)7-14(26)19(12)34)18(17(13)23)21(36)31-15(5-10-3-4-30-20(10)35)16(33)9-38-24(27,28)29/h6-7,10,13,15,17-18,34H,3-5,8-9H2,1-2H3,(H,30,35)(H,31,36)/t10-,13-,15?,17-,18-/m0/s1. The van der Waals surface area contributed by atoms with Crippen LogP contribution in [0.3, 0.4) is 0 Å². The summed E-state index contributed by atoms with van der Waals surface area (Å²) in [4.78, 5) is 52.4. The second-order valence-corrected chi connectivity index (χ2v) is 10.4. The van der Waals surface area contributed by atoms with Gasteiger partial charge in [0.15, 0.2) is 17.3 Å². The average molecular weight is 547 g/mol. The van der Waals surface area contributed by atoms with E-state index in [0.29, 0.717) is 25.1 Å². The SMILES string of the molecule is CC1(C)[C@@H]2[C@@H](C(=O)NC(C[C@@H]3CCNC3=O)C(=O)COC(F)(F)F)N(C(=O)c3cc(F)cc(F)c3O)C[C@@H]21. The predicted molar refractivity (Wildman–Crippen MR) is 118 cm³/mol. The summed E-state index contributed by atoms with van der Waals surface area (Å²) in [5.41, 5.74) is -1.12. The van der Waals surface area contributed by atoms with Crippen LogP contribution < -0.4 is 10.6 Å². The molecule has 9 nitrogen and oxygen atoms in total. The minimum Gasteiger partial charge on any atom is -0.504 e. The van der Waals surface area contributed by atoms with Crippen molar-refractivity contribution in [1.29, 1.82) is 0 Å². The minimum absolute atomic E-state index is 0.00693. The van der Waals surface area contributed by atoms with E-state index in [9.17, 15) is 46.2 Å². The fourth-order valence-corrected chi connectivity index (χ4v) is 5.62. The normalized spacial score (nSPS) is 26.5. The van der Waals surface area contributed by atoms with E-state index >= 15 is 0 Å². The Labute approximate surface area is 213 Å². The number of aromatic hydroxyl groups is 1. The Morgan fingerprint density at radius 2 is 1.95 bits per heavy atom. The Kier molecular flexibility index (Phi) is 7.14. The molecule has 3 aliphatic rings. The van der Waals surface area contributed by atoms with E-state index in [4.69, 9.17) is 0 Å². The second kappa shape index (κ2) is 9.79. The lowest BCUT2D eigenvalue weighted by atomic mass is 9.94. The molecule has 1 unspecified atom stereocenters. The van der Waals surface area contributed by atoms with Gasteiger partial charge in [-0.05, 0) is 36.2 Å². The summed E-state index contributed by atoms with van der Waals surface area (Å²) in [5, 5.41) is 14.9. The van der Waals surface area contributed by atoms with Gasteiger partial charge in [-0.1, -0.05) is 13.8 Å². The highest BCUT2D eigenvalue weighted by Crippen LogP contribution is 2.65. The number of benzene rings is 1. The number of ketones is 1. The Balaban J connectivity index is 1.58. The highest BCUT2D eigenvalue weighted by molar-refractivity contribution is 6.01. The van der Waals surface area contributed by atoms with Gasteiger partial charge in [0, 0.05) is 25.1 Å². The molecule has 0 aromatic heterocycles. The molecule has 0 radical (unpaired) electrons. The van der Waals surface area contributed by atoms with E-state index in [-0.39, 0.29) is 18.9 Å². The van der Waals surface area contributed by atoms with E-state index in [1.54, 1.807) is 0 Å². The van der Waals surface area contributed by atoms with Gasteiger partial charge in [-0.15, -0.1) is 13.2 Å². The molecule has 4 rings (SSSR count). The van der Waals surface area contributed by atoms with Crippen molar-refractivity contribution >= 4 is 23.5 Å². The van der Waals surface area contributed by atoms with Crippen LogP contribution in [0.4, 0.5) is 22.0 Å². The third-order valence-corrected chi connectivity index (χ3v) is 7.76. The number of Topliss-reactive ketones (excluding diaryl/α,β-unsaturated/α-hetero) is 1. The third-order valence-electron chi connectivity index (χ3n) is 7.76. The van der Waals surface area contributed by atoms with Crippen LogP contribution in [0.2, 0.25) is 0 Å². The van der Waals surface area contributed by atoms with Crippen molar-refractivity contribution in [3.8, 4) is 5.75 Å². The second-order valence-electron chi connectivity index (χ2n) is 10.4. The molecule has 3 N–H and O–H groups in total. The maximum atomic E-state index is 13.9. The summed E-state index contributed by atoms with van der Waals surface area (Å²) >= 11 is 0. The number of piperidine rings is 1. The molecule has 2 aliphatic heterocycles. The van der Waals surface area contributed by atoms with Crippen molar-refractivity contribution in [3.63, 3.8) is 0 Å². The van der Waals surface area contributed by atoms with Crippen molar-refractivity contribution in [2.45, 2.75) is 45.1 Å². The predicted octanol–water partition coefficient (Wildman–Crippen LogP) is 1.88. The summed E-state index contributed by atoms with van der Waals surface area (Å²) in [6.07, 6.45) is -5.09. The van der Waals surface area contributed by atoms with E-state index in [1.807, 2.05) is 13.8 Å². The Morgan fingerprint density at radius 1 is 1.26 bits per heavy atom. The van der Waals surface area contributed by atoms with Gasteiger partial charge in [0.2, 0.25) is 11.8 Å². The zero-order valence-corrected chi connectivity index (χ0v) is 20.4. The number of hydrogen-bond acceptors (Lipinski definition) is 6. The van der Waals surface area contributed by atoms with Crippen molar-refractivity contribution in [2.24, 2.45) is 23.2 Å². The van der Waals surface area contributed by atoms with Crippen molar-refractivity contribution in [2.75, 3.05) is 19.7 Å². The van der Waals surface area contributed by atoms with Gasteiger partial charge in [-0.2, -0.15) is 0 Å². The molecule has 1 aromatic rings. The van der Waals surface area contributed by atoms with Gasteiger partial charge in [0.25, 0.3) is 5.91 Å². The molecule has 38 heavy (non-hydrogen) atoms. The molecular formula is C24H26F5N3O6. The number of likely N-dealkylation sites (tertiary alicyclic amines) is 1. The number of carbonyl (C=O) groups is 4. The number of ether oxygens (including phenoxy) is 1. The Bertz CT molecular complexity index is 1170. The van der Waals surface area contributed by atoms with Crippen LogP contribution >= 0.6 is 0 Å². The summed E-state index contributed by atoms with van der Waals surface area (Å²) in [6, 6.07) is -1.76. The average Bonchev–Trinajstić information content (AvgIpc) is 3.18. The van der Waals surface area contributed by atoms with Crippen molar-refractivity contribution < 1.29 is 51.0 Å². The largest absolute Gasteiger partial charge is 0.522 e. The molecular weight excluding hydrogens is 521 g/mol. The van der Waals surface area contributed by atoms with Crippen LogP contribution in [0.25, 0.3) is 0 Å². The van der Waals surface area contributed by atoms with Crippen LogP contribution in [-0.2, 0) is 19.1 Å². The first-order chi connectivity index (χ1) is 17.6. The van der Waals surface area contributed by atoms with Crippen LogP contribution in [0.5, 0.6) is 5.75 Å². The van der Waals surface area contributed by atoms with Gasteiger partial charge in [0.05, 0.1) is 11.6 Å². The number of rotatable bonds is 8. The van der Waals surface area contributed by atoms with Crippen LogP contribution in [0.15, 0.2) is 12.1 Å². The van der Waals surface area contributed by atoms with E-state index in [2.05, 4.69) is 15.4 Å². The number of phenols is 1. The molecule has 1 aliphatic carbocycles. The quantitative estimate of drug-likeness (QED) is 0.427. The number of nitrogens with one attached hydrogen (secondary N) is 2. The highest BCUT2D eigenvalue weighted by atomic mass is 19.4. The van der Waals surface area contributed by atoms with Gasteiger partial charge in [-0.25, -0.2) is 8.78 Å². The molecule has 1 saturated carbocycles. The van der Waals surface area contributed by atoms with Crippen LogP contribution in [0, 0.1) is 34.8 Å². The maximum Gasteiger partial charge on any atom is 0.522 e. The molecule has 3 amide bonds. The summed E-state index contributed by atoms with van der Waals surface area (Å²) in [6.45, 7) is 2.59. The van der Waals surface area contributed by atoms with Crippen molar-refractivity contribution in [1.82, 2.24) is 15.5 Å². The molecule has 1 aromatic carbocycles. The monoisotopic (exact) mass is 547 g/mol. The number of carbonyl (C=O) groups excluding carboxylic acids is 4. The first-order valence-electron chi connectivity index (χ1n) is 11.9. The lowest BCUT2D eigenvalue weighted by Crippen LogP contribution is -2.54. The smallest absolute Gasteiger partial charge is 0.504 e. The number of hydrogen-bond donors (Lipinski definition) is 3. The highest BCUT2D eigenvalue weighted by Gasteiger charge is 2.69. The van der Waals surface area contributed by atoms with Gasteiger partial charge in [0.1, 0.15) is 18.5 Å². The number of fused-ring (bicyclic) bond motifs is 1. The number of amides is 3. The fraction of sp³-hybridized carbons (Fsp3) is 0.583. The molecule has 14 heteroatoms. The van der Waals surface area contributed by atoms with Crippen molar-refractivity contribution in [3.05, 3.63) is 29.3 Å². The number of halogens is 5. The molecule has 0 spiro atoms. The first kappa shape index (κ1) is 27.7. The molecule has 5 atom stereocenters. The maximum absolute atomic E-state index is 13.9. The van der Waals surface area contributed by atoms with Gasteiger partial charge < -0.3 is 20.6 Å². The number of phenolic OH excluding ortho intramolecular Hbond substituents is 1. The first-order valence-corrected chi connectivity index (χ1v) is 11.9. The summed E-state index contributed by atoms with van der Waals surface area (Å²) < 4.78 is 68.9. The fourth-order valence-electron chi connectivity index (χ4n) is 5.62. The van der Waals surface area contributed by atoms with Gasteiger partial charge in [-0.3, -0.25) is 23.9 Å². The Morgan fingerprint density at radius 3 is 2.55 bits per heavy atom. The topological polar surface area (TPSA) is 125 Å². The zero-order chi connectivity index (χ0) is 28.2. The van der Waals surface area contributed by atoms with E-state index in [0.717, 1.165) is 4.90 Å². The molecule has 208 valence electrons.